The summed E-state index contributed by atoms with van der Waals surface area (Å²) < 4.78 is 1.26. The van der Waals surface area contributed by atoms with Crippen LogP contribution in [0.15, 0.2) is 23.1 Å². The zero-order chi connectivity index (χ0) is 6.85. The molecule has 0 radical (unpaired) electrons. The van der Waals surface area contributed by atoms with Crippen molar-refractivity contribution in [2.75, 3.05) is 0 Å². The highest BCUT2D eigenvalue weighted by molar-refractivity contribution is 7.78. The second-order valence-electron chi connectivity index (χ2n) is 1.89. The highest BCUT2D eigenvalue weighted by Gasteiger charge is 1.87. The normalized spacial score (nSPS) is 9.56. The summed E-state index contributed by atoms with van der Waals surface area (Å²) in [7, 11) is 0. The minimum absolute atomic E-state index is 0.0936. The molecule has 0 bridgehead atoms. The fourth-order valence-electron chi connectivity index (χ4n) is 0.579. The number of rotatable bonds is 0. The Morgan fingerprint density at radius 1 is 1.56 bits per heavy atom. The first kappa shape index (κ1) is 6.42. The Morgan fingerprint density at radius 3 is 2.67 bits per heavy atom. The Morgan fingerprint density at radius 2 is 2.22 bits per heavy atom. The van der Waals surface area contributed by atoms with Gasteiger partial charge in [-0.1, -0.05) is 18.9 Å². The second-order valence-corrected chi connectivity index (χ2v) is 2.32. The number of pyridine rings is 1. The van der Waals surface area contributed by atoms with E-state index in [-0.39, 0.29) is 5.56 Å². The van der Waals surface area contributed by atoms with Crippen molar-refractivity contribution >= 4 is 12.8 Å². The first-order valence-electron chi connectivity index (χ1n) is 2.59. The molecule has 0 amide bonds. The molecule has 0 aromatic carbocycles. The number of hydrogen-bond acceptors (Lipinski definition) is 2. The minimum atomic E-state index is -0.0936. The predicted octanol–water partition coefficient (Wildman–Crippen LogP) is 0.850. The molecular weight excluding hydrogens is 134 g/mol. The lowest BCUT2D eigenvalue weighted by atomic mass is 10.3. The van der Waals surface area contributed by atoms with E-state index in [2.05, 4.69) is 12.8 Å². The van der Waals surface area contributed by atoms with E-state index in [1.54, 1.807) is 12.3 Å². The molecule has 0 N–H and O–H groups in total. The quantitative estimate of drug-likeness (QED) is 0.531. The van der Waals surface area contributed by atoms with Gasteiger partial charge in [0.25, 0.3) is 5.56 Å². The van der Waals surface area contributed by atoms with Gasteiger partial charge in [0.2, 0.25) is 0 Å². The smallest absolute Gasteiger partial charge is 0.260 e. The van der Waals surface area contributed by atoms with Crippen LogP contribution in [0, 0.1) is 6.92 Å². The van der Waals surface area contributed by atoms with Gasteiger partial charge in [0.15, 0.2) is 0 Å². The van der Waals surface area contributed by atoms with Crippen LogP contribution >= 0.6 is 12.8 Å². The SMILES string of the molecule is Cc1ccc(=O)n(S)c1. The maximum Gasteiger partial charge on any atom is 0.260 e. The van der Waals surface area contributed by atoms with Crippen LogP contribution in [0.2, 0.25) is 0 Å². The lowest BCUT2D eigenvalue weighted by Gasteiger charge is -1.93. The van der Waals surface area contributed by atoms with E-state index in [9.17, 15) is 4.79 Å². The Labute approximate surface area is 58.7 Å². The van der Waals surface area contributed by atoms with Gasteiger partial charge >= 0.3 is 0 Å². The highest BCUT2D eigenvalue weighted by Crippen LogP contribution is 1.91. The second kappa shape index (κ2) is 2.27. The number of aromatic nitrogens is 1. The van der Waals surface area contributed by atoms with E-state index >= 15 is 0 Å². The summed E-state index contributed by atoms with van der Waals surface area (Å²) in [5.74, 6) is 0. The van der Waals surface area contributed by atoms with Crippen LogP contribution in [0.5, 0.6) is 0 Å². The van der Waals surface area contributed by atoms with Crippen molar-refractivity contribution in [3.63, 3.8) is 0 Å². The Hall–Kier alpha value is -0.700. The number of thiol groups is 1. The molecular formula is C6H7NOS. The van der Waals surface area contributed by atoms with E-state index < -0.39 is 0 Å². The van der Waals surface area contributed by atoms with Gasteiger partial charge in [-0.15, -0.1) is 0 Å². The third-order valence-electron chi connectivity index (χ3n) is 1.04. The van der Waals surface area contributed by atoms with Gasteiger partial charge in [-0.05, 0) is 12.5 Å². The minimum Gasteiger partial charge on any atom is -0.268 e. The van der Waals surface area contributed by atoms with E-state index in [1.165, 1.54) is 10.0 Å². The molecule has 0 spiro atoms. The first-order valence-corrected chi connectivity index (χ1v) is 2.99. The molecule has 1 heterocycles. The lowest BCUT2D eigenvalue weighted by Crippen LogP contribution is -2.09. The largest absolute Gasteiger partial charge is 0.268 e. The maximum absolute atomic E-state index is 10.7. The fourth-order valence-corrected chi connectivity index (χ4v) is 0.827. The van der Waals surface area contributed by atoms with Gasteiger partial charge in [-0.2, -0.15) is 0 Å². The summed E-state index contributed by atoms with van der Waals surface area (Å²) in [6, 6.07) is 3.25. The van der Waals surface area contributed by atoms with Gasteiger partial charge in [0.05, 0.1) is 0 Å². The maximum atomic E-state index is 10.7. The molecule has 0 aliphatic heterocycles. The Kier molecular flexibility index (Phi) is 1.62. The molecule has 1 aromatic rings. The molecule has 48 valence electrons. The number of hydrogen-bond donors (Lipinski definition) is 1. The molecule has 2 nitrogen and oxygen atoms in total. The molecule has 0 saturated heterocycles. The van der Waals surface area contributed by atoms with E-state index in [0.29, 0.717) is 0 Å². The Balaban J connectivity index is 3.34. The highest BCUT2D eigenvalue weighted by atomic mass is 32.1. The molecule has 0 unspecified atom stereocenters. The standard InChI is InChI=1S/C6H7NOS/c1-5-2-3-6(8)7(9)4-5/h2-4,9H,1H3. The first-order chi connectivity index (χ1) is 4.20. The van der Waals surface area contributed by atoms with Crippen LogP contribution < -0.4 is 5.56 Å². The third-order valence-corrected chi connectivity index (χ3v) is 1.35. The van der Waals surface area contributed by atoms with Gasteiger partial charge in [-0.3, -0.25) is 8.77 Å². The average molecular weight is 141 g/mol. The van der Waals surface area contributed by atoms with Crippen molar-refractivity contribution in [1.82, 2.24) is 3.97 Å². The molecule has 0 saturated carbocycles. The molecule has 3 heteroatoms. The van der Waals surface area contributed by atoms with Crippen LogP contribution in [-0.2, 0) is 0 Å². The van der Waals surface area contributed by atoms with Crippen LogP contribution in [0.25, 0.3) is 0 Å². The third kappa shape index (κ3) is 1.36. The number of nitrogens with zero attached hydrogens (tertiary/aromatic N) is 1. The molecule has 0 fully saturated rings. The van der Waals surface area contributed by atoms with Crippen LogP contribution in [0.4, 0.5) is 0 Å². The summed E-state index contributed by atoms with van der Waals surface area (Å²) in [4.78, 5) is 10.7. The topological polar surface area (TPSA) is 22.0 Å². The summed E-state index contributed by atoms with van der Waals surface area (Å²) in [5, 5.41) is 0. The van der Waals surface area contributed by atoms with E-state index in [0.717, 1.165) is 5.56 Å². The van der Waals surface area contributed by atoms with Gasteiger partial charge in [0.1, 0.15) is 0 Å². The summed E-state index contributed by atoms with van der Waals surface area (Å²) >= 11 is 3.87. The number of aryl methyl sites for hydroxylation is 1. The van der Waals surface area contributed by atoms with Crippen molar-refractivity contribution in [3.8, 4) is 0 Å². The zero-order valence-electron chi connectivity index (χ0n) is 5.03. The summed E-state index contributed by atoms with van der Waals surface area (Å²) in [6.07, 6.45) is 1.67. The molecule has 0 aliphatic rings. The van der Waals surface area contributed by atoms with Gasteiger partial charge in [-0.25, -0.2) is 0 Å². The molecule has 9 heavy (non-hydrogen) atoms. The van der Waals surface area contributed by atoms with E-state index in [1.807, 2.05) is 6.92 Å². The molecule has 1 aromatic heterocycles. The molecule has 0 aliphatic carbocycles. The average Bonchev–Trinajstić information content (AvgIpc) is 1.80. The van der Waals surface area contributed by atoms with Crippen molar-refractivity contribution in [3.05, 3.63) is 34.2 Å². The van der Waals surface area contributed by atoms with Crippen molar-refractivity contribution in [2.45, 2.75) is 6.92 Å². The van der Waals surface area contributed by atoms with E-state index in [4.69, 9.17) is 0 Å². The summed E-state index contributed by atoms with van der Waals surface area (Å²) in [6.45, 7) is 1.91. The van der Waals surface area contributed by atoms with Gasteiger partial charge in [0, 0.05) is 12.3 Å². The lowest BCUT2D eigenvalue weighted by molar-refractivity contribution is 1.13. The molecule has 1 rings (SSSR count). The van der Waals surface area contributed by atoms with Crippen LogP contribution in [0.1, 0.15) is 5.56 Å². The van der Waals surface area contributed by atoms with Crippen molar-refractivity contribution in [1.29, 1.82) is 0 Å². The van der Waals surface area contributed by atoms with Crippen LogP contribution in [-0.4, -0.2) is 3.97 Å². The monoisotopic (exact) mass is 141 g/mol. The predicted molar refractivity (Wildman–Crippen MR) is 39.8 cm³/mol. The zero-order valence-corrected chi connectivity index (χ0v) is 5.93. The fraction of sp³-hybridized carbons (Fsp3) is 0.167. The van der Waals surface area contributed by atoms with Crippen LogP contribution in [0.3, 0.4) is 0 Å². The van der Waals surface area contributed by atoms with Crippen molar-refractivity contribution in [2.24, 2.45) is 0 Å². The summed E-state index contributed by atoms with van der Waals surface area (Å²) in [5.41, 5.74) is 0.938. The van der Waals surface area contributed by atoms with Gasteiger partial charge < -0.3 is 0 Å². The van der Waals surface area contributed by atoms with Crippen molar-refractivity contribution < 1.29 is 0 Å². The Bertz CT molecular complexity index is 266. The molecule has 0 atom stereocenters.